The molecule has 0 radical (unpaired) electrons. The molecule has 7 heteroatoms. The molecule has 0 aliphatic rings. The van der Waals surface area contributed by atoms with Crippen molar-refractivity contribution in [3.63, 3.8) is 0 Å². The lowest BCUT2D eigenvalue weighted by atomic mass is 10.1. The summed E-state index contributed by atoms with van der Waals surface area (Å²) in [6.07, 6.45) is 0. The number of aromatic nitrogens is 3. The second-order valence-corrected chi connectivity index (χ2v) is 6.40. The van der Waals surface area contributed by atoms with Crippen LogP contribution in [0.2, 0.25) is 0 Å². The Bertz CT molecular complexity index is 1220. The Morgan fingerprint density at radius 1 is 0.964 bits per heavy atom. The molecule has 0 bridgehead atoms. The van der Waals surface area contributed by atoms with Crippen LogP contribution in [0, 0.1) is 13.8 Å². The van der Waals surface area contributed by atoms with Gasteiger partial charge >= 0.3 is 0 Å². The number of benzene rings is 2. The molecule has 2 aromatic carbocycles. The molecule has 0 fully saturated rings. The van der Waals surface area contributed by atoms with Crippen molar-refractivity contribution in [2.45, 2.75) is 13.8 Å². The number of aryl methyl sites for hydroxylation is 2. The predicted molar refractivity (Wildman–Crippen MR) is 106 cm³/mol. The Morgan fingerprint density at radius 3 is 2.50 bits per heavy atom. The number of aromatic amines is 1. The summed E-state index contributed by atoms with van der Waals surface area (Å²) in [6.45, 7) is 3.87. The summed E-state index contributed by atoms with van der Waals surface area (Å²) in [6, 6.07) is 13.5. The normalized spacial score (nSPS) is 11.8. The van der Waals surface area contributed by atoms with E-state index in [4.69, 9.17) is 13.9 Å². The quantitative estimate of drug-likeness (QED) is 0.580. The van der Waals surface area contributed by atoms with Crippen molar-refractivity contribution in [1.82, 2.24) is 15.2 Å². The smallest absolute Gasteiger partial charge is 0.268 e. The van der Waals surface area contributed by atoms with Gasteiger partial charge in [0.2, 0.25) is 0 Å². The molecule has 0 amide bonds. The molecule has 28 heavy (non-hydrogen) atoms. The van der Waals surface area contributed by atoms with E-state index >= 15 is 0 Å². The van der Waals surface area contributed by atoms with Crippen LogP contribution in [0.25, 0.3) is 22.3 Å². The number of fused-ring (bicyclic) bond motifs is 1. The van der Waals surface area contributed by atoms with Gasteiger partial charge in [-0.1, -0.05) is 11.6 Å². The van der Waals surface area contributed by atoms with E-state index in [-0.39, 0.29) is 0 Å². The van der Waals surface area contributed by atoms with Crippen LogP contribution < -0.4 is 14.8 Å². The van der Waals surface area contributed by atoms with Crippen LogP contribution in [0.4, 0.5) is 5.95 Å². The number of methoxy groups -OCH3 is 2. The van der Waals surface area contributed by atoms with Crippen LogP contribution in [0.3, 0.4) is 0 Å². The first-order chi connectivity index (χ1) is 13.6. The van der Waals surface area contributed by atoms with Gasteiger partial charge in [0.05, 0.1) is 19.6 Å². The number of ether oxygens (including phenoxy) is 2. The summed E-state index contributed by atoms with van der Waals surface area (Å²) in [5.41, 5.74) is 2.69. The lowest BCUT2D eigenvalue weighted by Crippen LogP contribution is -2.04. The first-order valence-electron chi connectivity index (χ1n) is 8.78. The van der Waals surface area contributed by atoms with Gasteiger partial charge in [-0.2, -0.15) is 4.98 Å². The van der Waals surface area contributed by atoms with Gasteiger partial charge in [-0.3, -0.25) is 5.10 Å². The first-order valence-corrected chi connectivity index (χ1v) is 8.78. The van der Waals surface area contributed by atoms with Gasteiger partial charge in [0.1, 0.15) is 17.2 Å². The first kappa shape index (κ1) is 17.8. The fourth-order valence-electron chi connectivity index (χ4n) is 3.00. The lowest BCUT2D eigenvalue weighted by Gasteiger charge is -2.10. The van der Waals surface area contributed by atoms with Crippen molar-refractivity contribution >= 4 is 16.9 Å². The molecule has 142 valence electrons. The molecule has 0 spiro atoms. The summed E-state index contributed by atoms with van der Waals surface area (Å²) >= 11 is 0. The second kappa shape index (κ2) is 7.19. The average Bonchev–Trinajstić information content (AvgIpc) is 3.12. The maximum absolute atomic E-state index is 6.15. The zero-order chi connectivity index (χ0) is 19.7. The number of nitrogens with zero attached hydrogens (tertiary/aromatic N) is 3. The molecule has 4 rings (SSSR count). The molecular weight excluding hydrogens is 356 g/mol. The van der Waals surface area contributed by atoms with Gasteiger partial charge in [0, 0.05) is 17.0 Å². The van der Waals surface area contributed by atoms with Crippen LogP contribution in [-0.4, -0.2) is 29.4 Å². The highest BCUT2D eigenvalue weighted by atomic mass is 16.5. The summed E-state index contributed by atoms with van der Waals surface area (Å²) < 4.78 is 16.9. The molecule has 1 N–H and O–H groups in total. The van der Waals surface area contributed by atoms with Gasteiger partial charge in [-0.25, -0.2) is 4.99 Å². The van der Waals surface area contributed by atoms with E-state index in [9.17, 15) is 0 Å². The zero-order valence-electron chi connectivity index (χ0n) is 16.1. The lowest BCUT2D eigenvalue weighted by molar-refractivity contribution is 0.355. The predicted octanol–water partition coefficient (Wildman–Crippen LogP) is 4.08. The van der Waals surface area contributed by atoms with E-state index in [0.717, 1.165) is 27.5 Å². The molecule has 0 unspecified atom stereocenters. The maximum atomic E-state index is 6.15. The number of hydrogen-bond acceptors (Lipinski definition) is 6. The van der Waals surface area contributed by atoms with E-state index < -0.39 is 0 Å². The summed E-state index contributed by atoms with van der Waals surface area (Å²) in [5, 5.41) is 8.56. The third-order valence-corrected chi connectivity index (χ3v) is 4.37. The Hall–Kier alpha value is -3.61. The summed E-state index contributed by atoms with van der Waals surface area (Å²) in [7, 11) is 3.21. The molecule has 0 atom stereocenters. The topological polar surface area (TPSA) is 85.5 Å². The minimum Gasteiger partial charge on any atom is -0.493 e. The average molecular weight is 376 g/mol. The molecule has 0 aliphatic carbocycles. The van der Waals surface area contributed by atoms with E-state index in [1.54, 1.807) is 14.2 Å². The molecule has 0 saturated carbocycles. The van der Waals surface area contributed by atoms with E-state index in [1.807, 2.05) is 56.3 Å². The van der Waals surface area contributed by atoms with Crippen LogP contribution in [0.15, 0.2) is 51.9 Å². The van der Waals surface area contributed by atoms with E-state index in [2.05, 4.69) is 20.2 Å². The van der Waals surface area contributed by atoms with Crippen LogP contribution in [-0.2, 0) is 0 Å². The summed E-state index contributed by atoms with van der Waals surface area (Å²) in [4.78, 5) is 8.91. The Morgan fingerprint density at radius 2 is 1.79 bits per heavy atom. The van der Waals surface area contributed by atoms with Crippen LogP contribution in [0.5, 0.6) is 11.5 Å². The third-order valence-electron chi connectivity index (χ3n) is 4.37. The fourth-order valence-corrected chi connectivity index (χ4v) is 3.00. The van der Waals surface area contributed by atoms with Crippen molar-refractivity contribution in [1.29, 1.82) is 0 Å². The number of hydrogen-bond donors (Lipinski definition) is 1. The molecule has 0 aliphatic heterocycles. The highest BCUT2D eigenvalue weighted by Crippen LogP contribution is 2.32. The molecular formula is C21H20N4O3. The molecule has 4 aromatic rings. The van der Waals surface area contributed by atoms with Crippen LogP contribution in [0.1, 0.15) is 11.4 Å². The number of H-pyrrole nitrogens is 1. The minimum absolute atomic E-state index is 0.379. The number of rotatable bonds is 4. The Labute approximate surface area is 161 Å². The largest absolute Gasteiger partial charge is 0.493 e. The molecule has 2 heterocycles. The third kappa shape index (κ3) is 3.34. The molecule has 2 aromatic heterocycles. The Balaban J connectivity index is 1.96. The molecule has 0 saturated heterocycles. The van der Waals surface area contributed by atoms with Crippen molar-refractivity contribution in [2.75, 3.05) is 14.2 Å². The van der Waals surface area contributed by atoms with Gasteiger partial charge in [0.15, 0.2) is 11.5 Å². The van der Waals surface area contributed by atoms with Crippen molar-refractivity contribution in [3.05, 3.63) is 59.2 Å². The monoisotopic (exact) mass is 376 g/mol. The zero-order valence-corrected chi connectivity index (χ0v) is 16.1. The van der Waals surface area contributed by atoms with E-state index in [0.29, 0.717) is 29.0 Å². The maximum Gasteiger partial charge on any atom is 0.268 e. The fraction of sp³-hybridized carbons (Fsp3) is 0.190. The van der Waals surface area contributed by atoms with Gasteiger partial charge in [-0.15, -0.1) is 5.10 Å². The van der Waals surface area contributed by atoms with E-state index in [1.165, 1.54) is 0 Å². The van der Waals surface area contributed by atoms with Crippen molar-refractivity contribution < 1.29 is 13.9 Å². The van der Waals surface area contributed by atoms with Crippen molar-refractivity contribution in [2.24, 2.45) is 4.99 Å². The standard InChI is InChI=1S/C21H20N4O3/c1-12-5-7-17-15(9-12)16(23-21-22-13(2)24-25-21)11-19(28-17)14-6-8-18(26-3)20(10-14)27-4/h5-11H,1-4H3,(H,22,24,25). The number of nitrogens with one attached hydrogen (secondary N) is 1. The SMILES string of the molecule is COc1ccc(-c2cc(=Nc3n[nH]c(C)n3)c3cc(C)ccc3o2)cc1OC. The Kier molecular flexibility index (Phi) is 4.57. The highest BCUT2D eigenvalue weighted by molar-refractivity contribution is 5.79. The van der Waals surface area contributed by atoms with Gasteiger partial charge in [0.25, 0.3) is 5.95 Å². The van der Waals surface area contributed by atoms with Gasteiger partial charge < -0.3 is 13.9 Å². The highest BCUT2D eigenvalue weighted by Gasteiger charge is 2.11. The van der Waals surface area contributed by atoms with Crippen molar-refractivity contribution in [3.8, 4) is 22.8 Å². The molecule has 7 nitrogen and oxygen atoms in total. The van der Waals surface area contributed by atoms with Crippen LogP contribution >= 0.6 is 0 Å². The summed E-state index contributed by atoms with van der Waals surface area (Å²) in [5.74, 6) is 3.03. The second-order valence-electron chi connectivity index (χ2n) is 6.40. The minimum atomic E-state index is 0.379. The van der Waals surface area contributed by atoms with Gasteiger partial charge in [-0.05, 0) is 44.2 Å².